The summed E-state index contributed by atoms with van der Waals surface area (Å²) in [7, 11) is 0. The molecule has 0 aromatic carbocycles. The minimum atomic E-state index is 0.0365. The summed E-state index contributed by atoms with van der Waals surface area (Å²) in [6.07, 6.45) is 1.09. The highest BCUT2D eigenvalue weighted by atomic mass is 16.2. The summed E-state index contributed by atoms with van der Waals surface area (Å²) in [4.78, 5) is 11.1. The Bertz CT molecular complexity index is 207. The van der Waals surface area contributed by atoms with Crippen molar-refractivity contribution in [2.45, 2.75) is 32.7 Å². The molecule has 2 aliphatic rings. The molecule has 2 rings (SSSR count). The first-order chi connectivity index (χ1) is 4.47. The van der Waals surface area contributed by atoms with Crippen LogP contribution in [0.15, 0.2) is 0 Å². The Balaban J connectivity index is 2.37. The first-order valence-corrected chi connectivity index (χ1v) is 3.79. The van der Waals surface area contributed by atoms with Gasteiger partial charge in [-0.1, -0.05) is 6.92 Å². The molecule has 1 saturated carbocycles. The molecule has 2 nitrogen and oxygen atoms in total. The average Bonchev–Trinajstić information content (AvgIpc) is 2.37. The minimum absolute atomic E-state index is 0.0365. The summed E-state index contributed by atoms with van der Waals surface area (Å²) in [5.74, 6) is 0.579. The van der Waals surface area contributed by atoms with Crippen molar-refractivity contribution in [3.8, 4) is 0 Å². The monoisotopic (exact) mass is 139 g/mol. The van der Waals surface area contributed by atoms with Crippen LogP contribution in [0.1, 0.15) is 27.2 Å². The van der Waals surface area contributed by atoms with Gasteiger partial charge in [-0.05, 0) is 20.3 Å². The van der Waals surface area contributed by atoms with Crippen molar-refractivity contribution in [2.75, 3.05) is 0 Å². The highest BCUT2D eigenvalue weighted by molar-refractivity contribution is 5.87. The molecule has 1 amide bonds. The molecule has 1 saturated heterocycles. The molecule has 0 aromatic rings. The Hall–Kier alpha value is -0.530. The lowest BCUT2D eigenvalue weighted by atomic mass is 9.87. The predicted octanol–water partition coefficient (Wildman–Crippen LogP) is 0.921. The average molecular weight is 139 g/mol. The normalized spacial score (nSPS) is 48.3. The van der Waals surface area contributed by atoms with Gasteiger partial charge in [0.05, 0.1) is 0 Å². The van der Waals surface area contributed by atoms with Gasteiger partial charge in [0.25, 0.3) is 0 Å². The number of hydrogen-bond acceptors (Lipinski definition) is 1. The molecule has 2 fully saturated rings. The maximum Gasteiger partial charge on any atom is 0.224 e. The molecule has 10 heavy (non-hydrogen) atoms. The van der Waals surface area contributed by atoms with E-state index >= 15 is 0 Å². The Kier molecular flexibility index (Phi) is 0.773. The molecule has 2 atom stereocenters. The van der Waals surface area contributed by atoms with E-state index in [2.05, 4.69) is 26.1 Å². The largest absolute Gasteiger partial charge is 0.350 e. The summed E-state index contributed by atoms with van der Waals surface area (Å²) in [6, 6.07) is 0. The molecule has 1 heterocycles. The van der Waals surface area contributed by atoms with Gasteiger partial charge in [0.15, 0.2) is 0 Å². The highest BCUT2D eigenvalue weighted by Gasteiger charge is 2.68. The molecule has 0 bridgehead atoms. The fourth-order valence-electron chi connectivity index (χ4n) is 1.98. The summed E-state index contributed by atoms with van der Waals surface area (Å²) in [5.41, 5.74) is 0.304. The van der Waals surface area contributed by atoms with Gasteiger partial charge in [0.2, 0.25) is 5.91 Å². The topological polar surface area (TPSA) is 29.1 Å². The van der Waals surface area contributed by atoms with E-state index in [4.69, 9.17) is 0 Å². The standard InChI is InChI=1S/C8H13NO/c1-7(2)8(3)4-5(8)6(10)9-7/h5H,4H2,1-3H3,(H,9,10)/t5-,8-/m1/s1. The second kappa shape index (κ2) is 1.25. The highest BCUT2D eigenvalue weighted by Crippen LogP contribution is 2.62. The lowest BCUT2D eigenvalue weighted by Crippen LogP contribution is -2.43. The SMILES string of the molecule is CC1(C)NC(=O)[C@H]2C[C@]21C. The van der Waals surface area contributed by atoms with Gasteiger partial charge >= 0.3 is 0 Å². The van der Waals surface area contributed by atoms with Crippen LogP contribution in [0.3, 0.4) is 0 Å². The van der Waals surface area contributed by atoms with Crippen molar-refractivity contribution in [3.63, 3.8) is 0 Å². The molecule has 0 unspecified atom stereocenters. The molecular weight excluding hydrogens is 126 g/mol. The van der Waals surface area contributed by atoms with E-state index in [0.717, 1.165) is 6.42 Å². The zero-order chi connectivity index (χ0) is 7.57. The van der Waals surface area contributed by atoms with Crippen LogP contribution in [-0.4, -0.2) is 11.4 Å². The first-order valence-electron chi connectivity index (χ1n) is 3.79. The van der Waals surface area contributed by atoms with Crippen molar-refractivity contribution < 1.29 is 4.79 Å². The summed E-state index contributed by atoms with van der Waals surface area (Å²) >= 11 is 0. The van der Waals surface area contributed by atoms with Gasteiger partial charge in [-0.15, -0.1) is 0 Å². The Morgan fingerprint density at radius 1 is 1.50 bits per heavy atom. The van der Waals surface area contributed by atoms with Crippen molar-refractivity contribution in [2.24, 2.45) is 11.3 Å². The second-order valence-corrected chi connectivity index (χ2v) is 4.29. The van der Waals surface area contributed by atoms with Crippen molar-refractivity contribution >= 4 is 5.91 Å². The lowest BCUT2D eigenvalue weighted by Gasteiger charge is -2.27. The smallest absolute Gasteiger partial charge is 0.224 e. The maximum atomic E-state index is 11.1. The van der Waals surface area contributed by atoms with Crippen LogP contribution in [-0.2, 0) is 4.79 Å². The Labute approximate surface area is 61.0 Å². The van der Waals surface area contributed by atoms with Gasteiger partial charge in [0.1, 0.15) is 0 Å². The zero-order valence-electron chi connectivity index (χ0n) is 6.69. The molecular formula is C8H13NO. The molecule has 0 spiro atoms. The van der Waals surface area contributed by atoms with Gasteiger partial charge < -0.3 is 5.32 Å². The van der Waals surface area contributed by atoms with Crippen LogP contribution >= 0.6 is 0 Å². The number of carbonyl (C=O) groups is 1. The molecule has 0 radical (unpaired) electrons. The van der Waals surface area contributed by atoms with E-state index in [0.29, 0.717) is 5.92 Å². The quantitative estimate of drug-likeness (QED) is 0.531. The first kappa shape index (κ1) is 6.20. The Morgan fingerprint density at radius 2 is 2.10 bits per heavy atom. The van der Waals surface area contributed by atoms with Crippen molar-refractivity contribution in [1.29, 1.82) is 0 Å². The fourth-order valence-corrected chi connectivity index (χ4v) is 1.98. The fraction of sp³-hybridized carbons (Fsp3) is 0.875. The zero-order valence-corrected chi connectivity index (χ0v) is 6.69. The van der Waals surface area contributed by atoms with Crippen LogP contribution in [0.25, 0.3) is 0 Å². The predicted molar refractivity (Wildman–Crippen MR) is 38.4 cm³/mol. The number of fused-ring (bicyclic) bond motifs is 1. The molecule has 1 N–H and O–H groups in total. The summed E-state index contributed by atoms with van der Waals surface area (Å²) < 4.78 is 0. The number of hydrogen-bond donors (Lipinski definition) is 1. The van der Waals surface area contributed by atoms with Crippen LogP contribution in [0.2, 0.25) is 0 Å². The molecule has 1 aliphatic heterocycles. The van der Waals surface area contributed by atoms with E-state index < -0.39 is 0 Å². The Morgan fingerprint density at radius 3 is 2.20 bits per heavy atom. The van der Waals surface area contributed by atoms with E-state index in [1.54, 1.807) is 0 Å². The van der Waals surface area contributed by atoms with Crippen LogP contribution in [0.5, 0.6) is 0 Å². The maximum absolute atomic E-state index is 11.1. The number of piperidine rings is 1. The number of nitrogens with one attached hydrogen (secondary N) is 1. The molecule has 2 heteroatoms. The minimum Gasteiger partial charge on any atom is -0.350 e. The van der Waals surface area contributed by atoms with E-state index in [1.165, 1.54) is 0 Å². The number of rotatable bonds is 0. The van der Waals surface area contributed by atoms with E-state index in [-0.39, 0.29) is 16.9 Å². The van der Waals surface area contributed by atoms with Crippen LogP contribution in [0, 0.1) is 11.3 Å². The molecule has 1 aliphatic carbocycles. The molecule has 0 aromatic heterocycles. The second-order valence-electron chi connectivity index (χ2n) is 4.29. The number of amides is 1. The van der Waals surface area contributed by atoms with Gasteiger partial charge in [-0.3, -0.25) is 4.79 Å². The third-order valence-corrected chi connectivity index (χ3v) is 3.42. The van der Waals surface area contributed by atoms with E-state index in [9.17, 15) is 4.79 Å². The van der Waals surface area contributed by atoms with Crippen LogP contribution < -0.4 is 5.32 Å². The third-order valence-electron chi connectivity index (χ3n) is 3.42. The summed E-state index contributed by atoms with van der Waals surface area (Å²) in [5, 5.41) is 2.99. The van der Waals surface area contributed by atoms with Gasteiger partial charge in [0, 0.05) is 16.9 Å². The third kappa shape index (κ3) is 0.446. The van der Waals surface area contributed by atoms with Crippen molar-refractivity contribution in [1.82, 2.24) is 5.32 Å². The van der Waals surface area contributed by atoms with Gasteiger partial charge in [-0.25, -0.2) is 0 Å². The summed E-state index contributed by atoms with van der Waals surface area (Å²) in [6.45, 7) is 6.41. The van der Waals surface area contributed by atoms with E-state index in [1.807, 2.05) is 0 Å². The van der Waals surface area contributed by atoms with Crippen LogP contribution in [0.4, 0.5) is 0 Å². The van der Waals surface area contributed by atoms with Crippen molar-refractivity contribution in [3.05, 3.63) is 0 Å². The lowest BCUT2D eigenvalue weighted by molar-refractivity contribution is -0.121. The number of carbonyl (C=O) groups excluding carboxylic acids is 1. The van der Waals surface area contributed by atoms with Gasteiger partial charge in [-0.2, -0.15) is 0 Å². The molecule has 56 valence electrons.